The van der Waals surface area contributed by atoms with Crippen LogP contribution < -0.4 is 23.5 Å². The molecular weight excluding hydrogens is 279 g/mol. The van der Waals surface area contributed by atoms with E-state index in [-0.39, 0.29) is 12.4 Å². The second-order valence-electron chi connectivity index (χ2n) is 3.27. The van der Waals surface area contributed by atoms with Crippen molar-refractivity contribution in [2.75, 3.05) is 5.32 Å². The highest BCUT2D eigenvalue weighted by atomic mass is 35.5. The van der Waals surface area contributed by atoms with Crippen molar-refractivity contribution in [3.8, 4) is 11.4 Å². The highest BCUT2D eigenvalue weighted by Gasteiger charge is 2.09. The molecule has 96 valence electrons. The van der Waals surface area contributed by atoms with Crippen LogP contribution >= 0.6 is 11.3 Å². The SMILES string of the molecule is [Cl-].[NH3+]C(C=O)Nc1nc(-c2cccc(F)n2)cs1. The summed E-state index contributed by atoms with van der Waals surface area (Å²) in [6, 6.07) is 4.51. The van der Waals surface area contributed by atoms with E-state index < -0.39 is 12.1 Å². The van der Waals surface area contributed by atoms with Gasteiger partial charge in [0, 0.05) is 5.38 Å². The summed E-state index contributed by atoms with van der Waals surface area (Å²) < 4.78 is 12.9. The van der Waals surface area contributed by atoms with Gasteiger partial charge in [0.2, 0.25) is 12.1 Å². The third-order valence-corrected chi connectivity index (χ3v) is 2.73. The Hall–Kier alpha value is -1.57. The van der Waals surface area contributed by atoms with Crippen LogP contribution in [0, 0.1) is 5.95 Å². The Bertz CT molecular complexity index is 536. The summed E-state index contributed by atoms with van der Waals surface area (Å²) in [5.74, 6) is -0.548. The number of hydrogen-bond acceptors (Lipinski definition) is 5. The Balaban J connectivity index is 0.00000162. The summed E-state index contributed by atoms with van der Waals surface area (Å²) in [7, 11) is 0. The van der Waals surface area contributed by atoms with Crippen molar-refractivity contribution in [2.45, 2.75) is 6.17 Å². The maximum Gasteiger partial charge on any atom is 0.216 e. The second-order valence-corrected chi connectivity index (χ2v) is 4.13. The molecule has 0 saturated carbocycles. The molecule has 0 bridgehead atoms. The third kappa shape index (κ3) is 3.46. The molecule has 0 aromatic carbocycles. The van der Waals surface area contributed by atoms with Gasteiger partial charge in [0.25, 0.3) is 0 Å². The number of aldehydes is 1. The summed E-state index contributed by atoms with van der Waals surface area (Å²) in [5, 5.41) is 5.09. The Morgan fingerprint density at radius 3 is 2.83 bits per heavy atom. The number of carbonyl (C=O) groups is 1. The molecule has 2 rings (SSSR count). The number of quaternary nitrogens is 1. The molecule has 0 aliphatic carbocycles. The average Bonchev–Trinajstić information content (AvgIpc) is 2.77. The molecule has 0 aliphatic rings. The number of nitrogens with one attached hydrogen (secondary N) is 1. The maximum absolute atomic E-state index is 12.9. The number of aromatic nitrogens is 2. The molecule has 8 heteroatoms. The van der Waals surface area contributed by atoms with Gasteiger partial charge in [-0.1, -0.05) is 6.07 Å². The predicted octanol–water partition coefficient (Wildman–Crippen LogP) is -2.47. The second kappa shape index (κ2) is 6.39. The van der Waals surface area contributed by atoms with E-state index in [4.69, 9.17) is 0 Å². The third-order valence-electron chi connectivity index (χ3n) is 1.95. The van der Waals surface area contributed by atoms with E-state index in [1.807, 2.05) is 0 Å². The molecule has 0 spiro atoms. The number of nitrogens with zero attached hydrogens (tertiary/aromatic N) is 2. The number of rotatable bonds is 4. The van der Waals surface area contributed by atoms with Crippen LogP contribution in [0.3, 0.4) is 0 Å². The zero-order valence-corrected chi connectivity index (χ0v) is 10.7. The Labute approximate surface area is 113 Å². The number of anilines is 1. The first-order chi connectivity index (χ1) is 8.19. The smallest absolute Gasteiger partial charge is 0.216 e. The van der Waals surface area contributed by atoms with Crippen LogP contribution in [0.1, 0.15) is 0 Å². The van der Waals surface area contributed by atoms with Crippen molar-refractivity contribution >= 4 is 22.8 Å². The minimum absolute atomic E-state index is 0. The summed E-state index contributed by atoms with van der Waals surface area (Å²) in [6.07, 6.45) is 0.135. The van der Waals surface area contributed by atoms with Crippen molar-refractivity contribution in [3.05, 3.63) is 29.5 Å². The highest BCUT2D eigenvalue weighted by molar-refractivity contribution is 7.14. The summed E-state index contributed by atoms with van der Waals surface area (Å²) in [4.78, 5) is 18.3. The van der Waals surface area contributed by atoms with Crippen molar-refractivity contribution < 1.29 is 27.3 Å². The monoisotopic (exact) mass is 288 g/mol. The van der Waals surface area contributed by atoms with Crippen LogP contribution in [-0.4, -0.2) is 22.4 Å². The number of pyridine rings is 1. The van der Waals surface area contributed by atoms with E-state index in [2.05, 4.69) is 21.0 Å². The molecule has 0 radical (unpaired) electrons. The normalized spacial score (nSPS) is 11.4. The van der Waals surface area contributed by atoms with Gasteiger partial charge < -0.3 is 23.5 Å². The van der Waals surface area contributed by atoms with Gasteiger partial charge in [-0.25, -0.2) is 9.97 Å². The minimum Gasteiger partial charge on any atom is -1.00 e. The van der Waals surface area contributed by atoms with Crippen LogP contribution in [0.5, 0.6) is 0 Å². The minimum atomic E-state index is -0.548. The number of carbonyl (C=O) groups excluding carboxylic acids is 1. The number of hydrogen-bond donors (Lipinski definition) is 2. The van der Waals surface area contributed by atoms with Gasteiger partial charge in [0.15, 0.2) is 11.4 Å². The van der Waals surface area contributed by atoms with Gasteiger partial charge in [-0.3, -0.25) is 4.79 Å². The topological polar surface area (TPSA) is 82.5 Å². The van der Waals surface area contributed by atoms with Gasteiger partial charge in [-0.2, -0.15) is 4.39 Å². The van der Waals surface area contributed by atoms with Crippen LogP contribution in [0.2, 0.25) is 0 Å². The Morgan fingerprint density at radius 1 is 1.39 bits per heavy atom. The van der Waals surface area contributed by atoms with Gasteiger partial charge in [0.05, 0.1) is 5.69 Å². The molecule has 5 nitrogen and oxygen atoms in total. The Morgan fingerprint density at radius 2 is 2.17 bits per heavy atom. The quantitative estimate of drug-likeness (QED) is 0.371. The molecule has 0 saturated heterocycles. The first kappa shape index (κ1) is 14.5. The summed E-state index contributed by atoms with van der Waals surface area (Å²) in [5.41, 5.74) is 4.58. The van der Waals surface area contributed by atoms with Gasteiger partial charge in [0.1, 0.15) is 5.69 Å². The van der Waals surface area contributed by atoms with E-state index in [1.165, 1.54) is 17.4 Å². The molecule has 4 N–H and O–H groups in total. The van der Waals surface area contributed by atoms with Crippen molar-refractivity contribution in [3.63, 3.8) is 0 Å². The van der Waals surface area contributed by atoms with Crippen LogP contribution in [-0.2, 0) is 4.79 Å². The Kier molecular flexibility index (Phi) is 5.14. The molecule has 18 heavy (non-hydrogen) atoms. The number of thiazole rings is 1. The molecule has 2 aromatic rings. The first-order valence-corrected chi connectivity index (χ1v) is 5.70. The van der Waals surface area contributed by atoms with Crippen LogP contribution in [0.25, 0.3) is 11.4 Å². The van der Waals surface area contributed by atoms with E-state index in [1.54, 1.807) is 17.5 Å². The fourth-order valence-corrected chi connectivity index (χ4v) is 1.97. The van der Waals surface area contributed by atoms with E-state index in [9.17, 15) is 9.18 Å². The van der Waals surface area contributed by atoms with Gasteiger partial charge in [-0.05, 0) is 12.1 Å². The molecule has 2 aromatic heterocycles. The van der Waals surface area contributed by atoms with Crippen LogP contribution in [0.15, 0.2) is 23.6 Å². The zero-order valence-electron chi connectivity index (χ0n) is 9.14. The molecule has 0 amide bonds. The van der Waals surface area contributed by atoms with E-state index in [0.29, 0.717) is 22.8 Å². The average molecular weight is 289 g/mol. The summed E-state index contributed by atoms with van der Waals surface area (Å²) in [6.45, 7) is 0. The highest BCUT2D eigenvalue weighted by Crippen LogP contribution is 2.23. The predicted molar refractivity (Wildman–Crippen MR) is 61.7 cm³/mol. The summed E-state index contributed by atoms with van der Waals surface area (Å²) >= 11 is 1.31. The van der Waals surface area contributed by atoms with Gasteiger partial charge >= 0.3 is 0 Å². The molecule has 0 aliphatic heterocycles. The lowest BCUT2D eigenvalue weighted by Gasteiger charge is -2.00. The number of halogens is 2. The molecule has 1 unspecified atom stereocenters. The fourth-order valence-electron chi connectivity index (χ4n) is 1.20. The largest absolute Gasteiger partial charge is 1.00 e. The van der Waals surface area contributed by atoms with Crippen molar-refractivity contribution in [2.24, 2.45) is 0 Å². The van der Waals surface area contributed by atoms with Crippen molar-refractivity contribution in [1.29, 1.82) is 0 Å². The van der Waals surface area contributed by atoms with E-state index >= 15 is 0 Å². The zero-order chi connectivity index (χ0) is 12.3. The maximum atomic E-state index is 12.9. The van der Waals surface area contributed by atoms with Gasteiger partial charge in [-0.15, -0.1) is 11.3 Å². The lowest BCUT2D eigenvalue weighted by atomic mass is 10.3. The fraction of sp³-hybridized carbons (Fsp3) is 0.100. The lowest BCUT2D eigenvalue weighted by Crippen LogP contribution is -3.00. The van der Waals surface area contributed by atoms with E-state index in [0.717, 1.165) is 0 Å². The molecular formula is C10H10ClFN4OS. The first-order valence-electron chi connectivity index (χ1n) is 4.82. The van der Waals surface area contributed by atoms with Crippen molar-refractivity contribution in [1.82, 2.24) is 9.97 Å². The molecule has 1 atom stereocenters. The molecule has 2 heterocycles. The van der Waals surface area contributed by atoms with Crippen LogP contribution in [0.4, 0.5) is 9.52 Å². The lowest BCUT2D eigenvalue weighted by molar-refractivity contribution is -0.390. The molecule has 0 fully saturated rings. The standard InChI is InChI=1S/C10H9FN4OS.ClH/c11-8-3-1-2-6(13-8)7-5-17-10(14-7)15-9(12)4-16;/h1-5,9H,12H2,(H,14,15);1H.